The van der Waals surface area contributed by atoms with E-state index in [1.807, 2.05) is 42.7 Å². The van der Waals surface area contributed by atoms with Gasteiger partial charge in [-0.3, -0.25) is 4.79 Å². The van der Waals surface area contributed by atoms with Crippen LogP contribution in [0.2, 0.25) is 0 Å². The second kappa shape index (κ2) is 6.34. The van der Waals surface area contributed by atoms with Gasteiger partial charge in [0.1, 0.15) is 0 Å². The maximum absolute atomic E-state index is 11.9. The molecule has 20 heavy (non-hydrogen) atoms. The van der Waals surface area contributed by atoms with Crippen LogP contribution in [0.25, 0.3) is 0 Å². The van der Waals surface area contributed by atoms with E-state index in [4.69, 9.17) is 5.73 Å². The summed E-state index contributed by atoms with van der Waals surface area (Å²) in [5, 5.41) is 2.88. The van der Waals surface area contributed by atoms with Crippen LogP contribution in [0.3, 0.4) is 0 Å². The molecular formula is C15H20N4O. The molecule has 0 aliphatic rings. The molecule has 0 spiro atoms. The number of carbonyl (C=O) groups excluding carboxylic acids is 1. The lowest BCUT2D eigenvalue weighted by molar-refractivity contribution is -0.116. The van der Waals surface area contributed by atoms with E-state index in [9.17, 15) is 4.79 Å². The summed E-state index contributed by atoms with van der Waals surface area (Å²) in [5.41, 5.74) is 9.48. The predicted octanol–water partition coefficient (Wildman–Crippen LogP) is 1.99. The molecular weight excluding hydrogens is 252 g/mol. The Labute approximate surface area is 118 Å². The normalized spacial score (nSPS) is 10.6. The molecule has 1 amide bonds. The number of nitrogens with zero attached hydrogens (tertiary/aromatic N) is 2. The highest BCUT2D eigenvalue weighted by atomic mass is 16.1. The third kappa shape index (κ3) is 3.45. The molecule has 2 aromatic rings. The fraction of sp³-hybridized carbons (Fsp3) is 0.333. The Balaban J connectivity index is 1.87. The Morgan fingerprint density at radius 1 is 1.30 bits per heavy atom. The molecule has 0 aliphatic heterocycles. The molecule has 5 nitrogen and oxygen atoms in total. The average molecular weight is 272 g/mol. The second-order valence-electron chi connectivity index (χ2n) is 4.81. The molecule has 106 valence electrons. The quantitative estimate of drug-likeness (QED) is 0.874. The summed E-state index contributed by atoms with van der Waals surface area (Å²) in [6.45, 7) is 5.11. The van der Waals surface area contributed by atoms with Crippen molar-refractivity contribution in [3.63, 3.8) is 0 Å². The summed E-state index contributed by atoms with van der Waals surface area (Å²) < 4.78 is 1.99. The van der Waals surface area contributed by atoms with E-state index in [1.165, 1.54) is 0 Å². The molecule has 1 heterocycles. The van der Waals surface area contributed by atoms with E-state index >= 15 is 0 Å². The fourth-order valence-electron chi connectivity index (χ4n) is 1.94. The van der Waals surface area contributed by atoms with Crippen LogP contribution in [0.4, 0.5) is 5.69 Å². The molecule has 0 atom stereocenters. The van der Waals surface area contributed by atoms with Gasteiger partial charge in [0.15, 0.2) is 0 Å². The summed E-state index contributed by atoms with van der Waals surface area (Å²) in [6, 6.07) is 7.57. The van der Waals surface area contributed by atoms with Crippen LogP contribution in [0.1, 0.15) is 23.4 Å². The number of hydrogen-bond acceptors (Lipinski definition) is 3. The standard InChI is InChI=1S/C15H20N4O/c1-11-12(2)19(10-17-11)8-7-15(20)18-14-5-3-13(9-16)4-6-14/h3-6,10H,7-9,16H2,1-2H3,(H,18,20). The van der Waals surface area contributed by atoms with Crippen molar-refractivity contribution in [2.24, 2.45) is 5.73 Å². The van der Waals surface area contributed by atoms with Crippen LogP contribution in [0.5, 0.6) is 0 Å². The monoisotopic (exact) mass is 272 g/mol. The van der Waals surface area contributed by atoms with Crippen LogP contribution in [0.15, 0.2) is 30.6 Å². The smallest absolute Gasteiger partial charge is 0.226 e. The summed E-state index contributed by atoms with van der Waals surface area (Å²) >= 11 is 0. The number of nitrogens with one attached hydrogen (secondary N) is 1. The van der Waals surface area contributed by atoms with Crippen molar-refractivity contribution >= 4 is 11.6 Å². The third-order valence-electron chi connectivity index (χ3n) is 3.40. The number of amides is 1. The van der Waals surface area contributed by atoms with Gasteiger partial charge in [-0.1, -0.05) is 12.1 Å². The van der Waals surface area contributed by atoms with Crippen molar-refractivity contribution in [3.05, 3.63) is 47.5 Å². The molecule has 2 rings (SSSR count). The Kier molecular flexibility index (Phi) is 4.53. The molecule has 5 heteroatoms. The van der Waals surface area contributed by atoms with Crippen molar-refractivity contribution in [2.75, 3.05) is 5.32 Å². The van der Waals surface area contributed by atoms with E-state index in [2.05, 4.69) is 10.3 Å². The van der Waals surface area contributed by atoms with Crippen LogP contribution >= 0.6 is 0 Å². The Morgan fingerprint density at radius 3 is 2.55 bits per heavy atom. The predicted molar refractivity (Wildman–Crippen MR) is 79.3 cm³/mol. The first-order valence-electron chi connectivity index (χ1n) is 6.67. The highest BCUT2D eigenvalue weighted by Crippen LogP contribution is 2.10. The third-order valence-corrected chi connectivity index (χ3v) is 3.40. The molecule has 0 saturated carbocycles. The Bertz CT molecular complexity index is 586. The van der Waals surface area contributed by atoms with E-state index < -0.39 is 0 Å². The molecule has 3 N–H and O–H groups in total. The fourth-order valence-corrected chi connectivity index (χ4v) is 1.94. The SMILES string of the molecule is Cc1ncn(CCC(=O)Nc2ccc(CN)cc2)c1C. The molecule has 0 unspecified atom stereocenters. The molecule has 0 fully saturated rings. The first kappa shape index (κ1) is 14.3. The van der Waals surface area contributed by atoms with Gasteiger partial charge in [-0.05, 0) is 31.5 Å². The number of nitrogens with two attached hydrogens (primary N) is 1. The number of aryl methyl sites for hydroxylation is 2. The number of aromatic nitrogens is 2. The number of anilines is 1. The zero-order chi connectivity index (χ0) is 14.5. The number of carbonyl (C=O) groups is 1. The van der Waals surface area contributed by atoms with Crippen molar-refractivity contribution in [3.8, 4) is 0 Å². The van der Waals surface area contributed by atoms with Gasteiger partial charge < -0.3 is 15.6 Å². The lowest BCUT2D eigenvalue weighted by Gasteiger charge is -2.07. The summed E-state index contributed by atoms with van der Waals surface area (Å²) in [4.78, 5) is 16.1. The minimum atomic E-state index is -0.00347. The summed E-state index contributed by atoms with van der Waals surface area (Å²) in [7, 11) is 0. The summed E-state index contributed by atoms with van der Waals surface area (Å²) in [6.07, 6.45) is 2.20. The topological polar surface area (TPSA) is 72.9 Å². The van der Waals surface area contributed by atoms with Gasteiger partial charge >= 0.3 is 0 Å². The van der Waals surface area contributed by atoms with Crippen LogP contribution in [-0.2, 0) is 17.9 Å². The maximum atomic E-state index is 11.9. The largest absolute Gasteiger partial charge is 0.334 e. The Morgan fingerprint density at radius 2 is 2.00 bits per heavy atom. The van der Waals surface area contributed by atoms with Crippen LogP contribution < -0.4 is 11.1 Å². The minimum absolute atomic E-state index is 0.00347. The maximum Gasteiger partial charge on any atom is 0.226 e. The van der Waals surface area contributed by atoms with Crippen LogP contribution in [0, 0.1) is 13.8 Å². The number of hydrogen-bond donors (Lipinski definition) is 2. The number of benzene rings is 1. The average Bonchev–Trinajstić information content (AvgIpc) is 2.77. The first-order valence-corrected chi connectivity index (χ1v) is 6.67. The van der Waals surface area contributed by atoms with E-state index in [0.29, 0.717) is 19.5 Å². The number of rotatable bonds is 5. The molecule has 0 aliphatic carbocycles. The zero-order valence-electron chi connectivity index (χ0n) is 11.9. The molecule has 0 bridgehead atoms. The lowest BCUT2D eigenvalue weighted by atomic mass is 10.2. The van der Waals surface area contributed by atoms with Crippen LogP contribution in [-0.4, -0.2) is 15.5 Å². The van der Waals surface area contributed by atoms with Gasteiger partial charge in [0, 0.05) is 30.9 Å². The molecule has 1 aromatic heterocycles. The lowest BCUT2D eigenvalue weighted by Crippen LogP contribution is -2.14. The summed E-state index contributed by atoms with van der Waals surface area (Å²) in [5.74, 6) is -0.00347. The second-order valence-corrected chi connectivity index (χ2v) is 4.81. The van der Waals surface area contributed by atoms with Gasteiger partial charge in [-0.25, -0.2) is 4.98 Å². The van der Waals surface area contributed by atoms with Crippen molar-refractivity contribution < 1.29 is 4.79 Å². The van der Waals surface area contributed by atoms with E-state index in [0.717, 1.165) is 22.6 Å². The van der Waals surface area contributed by atoms with Crippen molar-refractivity contribution in [1.82, 2.24) is 9.55 Å². The van der Waals surface area contributed by atoms with Gasteiger partial charge in [0.25, 0.3) is 0 Å². The van der Waals surface area contributed by atoms with Gasteiger partial charge in [0.2, 0.25) is 5.91 Å². The van der Waals surface area contributed by atoms with E-state index in [1.54, 1.807) is 6.33 Å². The van der Waals surface area contributed by atoms with Gasteiger partial charge in [-0.2, -0.15) is 0 Å². The van der Waals surface area contributed by atoms with Gasteiger partial charge in [-0.15, -0.1) is 0 Å². The molecule has 1 aromatic carbocycles. The molecule has 0 radical (unpaired) electrons. The van der Waals surface area contributed by atoms with Crippen molar-refractivity contribution in [2.45, 2.75) is 33.4 Å². The number of imidazole rings is 1. The highest BCUT2D eigenvalue weighted by molar-refractivity contribution is 5.90. The van der Waals surface area contributed by atoms with Crippen molar-refractivity contribution in [1.29, 1.82) is 0 Å². The molecule has 0 saturated heterocycles. The first-order chi connectivity index (χ1) is 9.60. The Hall–Kier alpha value is -2.14. The highest BCUT2D eigenvalue weighted by Gasteiger charge is 2.06. The zero-order valence-corrected chi connectivity index (χ0v) is 11.9. The van der Waals surface area contributed by atoms with Gasteiger partial charge in [0.05, 0.1) is 12.0 Å². The van der Waals surface area contributed by atoms with E-state index in [-0.39, 0.29) is 5.91 Å². The minimum Gasteiger partial charge on any atom is -0.334 e.